The van der Waals surface area contributed by atoms with Gasteiger partial charge in [0.15, 0.2) is 23.0 Å². The lowest BCUT2D eigenvalue weighted by atomic mass is 10.1. The molecule has 0 spiro atoms. The number of hydrogen-bond donors (Lipinski definition) is 1. The molecular formula is C25H26FNO7S. The number of anilines is 1. The van der Waals surface area contributed by atoms with E-state index in [1.807, 2.05) is 0 Å². The first-order valence-electron chi connectivity index (χ1n) is 10.3. The largest absolute Gasteiger partial charge is 0.493 e. The lowest BCUT2D eigenvalue weighted by Gasteiger charge is -2.15. The predicted molar refractivity (Wildman–Crippen MR) is 132 cm³/mol. The van der Waals surface area contributed by atoms with E-state index in [1.54, 1.807) is 30.4 Å². The van der Waals surface area contributed by atoms with Crippen molar-refractivity contribution in [1.29, 1.82) is 0 Å². The number of rotatable bonds is 10. The highest BCUT2D eigenvalue weighted by atomic mass is 32.2. The summed E-state index contributed by atoms with van der Waals surface area (Å²) in [6.07, 6.45) is 3.45. The first-order valence-corrected chi connectivity index (χ1v) is 11.8. The Morgan fingerprint density at radius 3 is 1.77 bits per heavy atom. The monoisotopic (exact) mass is 503 g/mol. The molecule has 0 aromatic heterocycles. The summed E-state index contributed by atoms with van der Waals surface area (Å²) in [5.41, 5.74) is 1.43. The fraction of sp³-hybridized carbons (Fsp3) is 0.200. The highest BCUT2D eigenvalue weighted by Crippen LogP contribution is 2.39. The number of halogens is 1. The van der Waals surface area contributed by atoms with Crippen molar-refractivity contribution >= 4 is 27.9 Å². The maximum absolute atomic E-state index is 13.3. The molecule has 0 atom stereocenters. The van der Waals surface area contributed by atoms with Gasteiger partial charge in [0, 0.05) is 11.6 Å². The van der Waals surface area contributed by atoms with Gasteiger partial charge in [0.2, 0.25) is 5.75 Å². The maximum Gasteiger partial charge on any atom is 0.261 e. The second kappa shape index (κ2) is 11.0. The molecule has 186 valence electrons. The van der Waals surface area contributed by atoms with Gasteiger partial charge in [-0.1, -0.05) is 12.2 Å². The Balaban J connectivity index is 2.08. The summed E-state index contributed by atoms with van der Waals surface area (Å²) in [5.74, 6) is 1.58. The molecule has 0 saturated carbocycles. The van der Waals surface area contributed by atoms with Crippen LogP contribution >= 0.6 is 0 Å². The molecule has 8 nitrogen and oxygen atoms in total. The van der Waals surface area contributed by atoms with E-state index in [-0.39, 0.29) is 10.6 Å². The van der Waals surface area contributed by atoms with Crippen LogP contribution < -0.4 is 28.4 Å². The third kappa shape index (κ3) is 5.78. The molecule has 0 aliphatic carbocycles. The van der Waals surface area contributed by atoms with Crippen molar-refractivity contribution < 1.29 is 36.5 Å². The van der Waals surface area contributed by atoms with Gasteiger partial charge in [-0.05, 0) is 48.0 Å². The Hall–Kier alpha value is -3.92. The Bertz CT molecular complexity index is 1300. The Kier molecular flexibility index (Phi) is 8.08. The van der Waals surface area contributed by atoms with Crippen LogP contribution in [0.1, 0.15) is 11.1 Å². The van der Waals surface area contributed by atoms with Crippen LogP contribution in [0.4, 0.5) is 10.1 Å². The van der Waals surface area contributed by atoms with E-state index in [0.717, 1.165) is 12.1 Å². The standard InChI is InChI=1S/C25H26FNO7S/c1-30-21-14-17(7-6-16-12-23(32-3)25(34-5)24(13-16)33-4)20(15-22(21)31-2)27-35(28,29)19-10-8-18(26)9-11-19/h6-15,27H,1-5H3/b7-6-. The molecule has 0 heterocycles. The summed E-state index contributed by atoms with van der Waals surface area (Å²) in [5, 5.41) is 0. The molecule has 0 aliphatic rings. The topological polar surface area (TPSA) is 92.3 Å². The Morgan fingerprint density at radius 2 is 1.26 bits per heavy atom. The zero-order chi connectivity index (χ0) is 25.6. The lowest BCUT2D eigenvalue weighted by molar-refractivity contribution is 0.324. The lowest BCUT2D eigenvalue weighted by Crippen LogP contribution is -2.14. The first kappa shape index (κ1) is 25.7. The molecule has 3 rings (SSSR count). The third-order valence-corrected chi connectivity index (χ3v) is 6.45. The molecule has 0 unspecified atom stereocenters. The zero-order valence-electron chi connectivity index (χ0n) is 19.9. The average molecular weight is 504 g/mol. The maximum atomic E-state index is 13.3. The van der Waals surface area contributed by atoms with E-state index in [9.17, 15) is 12.8 Å². The molecule has 0 fully saturated rings. The molecule has 35 heavy (non-hydrogen) atoms. The van der Waals surface area contributed by atoms with Crippen LogP contribution in [0, 0.1) is 5.82 Å². The van der Waals surface area contributed by atoms with Crippen molar-refractivity contribution in [3.05, 3.63) is 65.5 Å². The first-order chi connectivity index (χ1) is 16.8. The van der Waals surface area contributed by atoms with Crippen molar-refractivity contribution in [2.45, 2.75) is 4.90 Å². The number of ether oxygens (including phenoxy) is 5. The second-order valence-corrected chi connectivity index (χ2v) is 8.83. The van der Waals surface area contributed by atoms with Gasteiger partial charge in [-0.3, -0.25) is 4.72 Å². The van der Waals surface area contributed by atoms with Gasteiger partial charge in [0.05, 0.1) is 46.1 Å². The van der Waals surface area contributed by atoms with Gasteiger partial charge in [0.1, 0.15) is 5.82 Å². The molecule has 3 aromatic carbocycles. The van der Waals surface area contributed by atoms with Crippen molar-refractivity contribution in [3.63, 3.8) is 0 Å². The summed E-state index contributed by atoms with van der Waals surface area (Å²) in [6.45, 7) is 0. The van der Waals surface area contributed by atoms with Crippen molar-refractivity contribution in [3.8, 4) is 28.7 Å². The number of nitrogens with one attached hydrogen (secondary N) is 1. The van der Waals surface area contributed by atoms with E-state index in [4.69, 9.17) is 23.7 Å². The number of hydrogen-bond acceptors (Lipinski definition) is 7. The van der Waals surface area contributed by atoms with Crippen LogP contribution in [0.15, 0.2) is 53.4 Å². The van der Waals surface area contributed by atoms with E-state index < -0.39 is 15.8 Å². The normalized spacial score (nSPS) is 11.3. The SMILES string of the molecule is COc1cc(/C=C\c2cc(OC)c(OC)c(OC)c2)c(NS(=O)(=O)c2ccc(F)cc2)cc1OC. The van der Waals surface area contributed by atoms with E-state index in [2.05, 4.69) is 4.72 Å². The van der Waals surface area contributed by atoms with Crippen LogP contribution in [-0.4, -0.2) is 44.0 Å². The predicted octanol–water partition coefficient (Wildman–Crippen LogP) is 4.84. The molecule has 0 radical (unpaired) electrons. The average Bonchev–Trinajstić information content (AvgIpc) is 2.86. The van der Waals surface area contributed by atoms with Gasteiger partial charge < -0.3 is 23.7 Å². The summed E-state index contributed by atoms with van der Waals surface area (Å²) in [6, 6.07) is 11.2. The smallest absolute Gasteiger partial charge is 0.261 e. The minimum Gasteiger partial charge on any atom is -0.493 e. The van der Waals surface area contributed by atoms with Crippen LogP contribution in [0.2, 0.25) is 0 Å². The highest BCUT2D eigenvalue weighted by molar-refractivity contribution is 7.92. The van der Waals surface area contributed by atoms with E-state index in [0.29, 0.717) is 39.9 Å². The Labute approximate surface area is 203 Å². The van der Waals surface area contributed by atoms with Gasteiger partial charge in [-0.15, -0.1) is 0 Å². The van der Waals surface area contributed by atoms with Crippen LogP contribution in [0.3, 0.4) is 0 Å². The van der Waals surface area contributed by atoms with Crippen LogP contribution in [0.25, 0.3) is 12.2 Å². The van der Waals surface area contributed by atoms with E-state index >= 15 is 0 Å². The highest BCUT2D eigenvalue weighted by Gasteiger charge is 2.19. The summed E-state index contributed by atoms with van der Waals surface area (Å²) in [7, 11) is 3.45. The zero-order valence-corrected chi connectivity index (χ0v) is 20.7. The fourth-order valence-electron chi connectivity index (χ4n) is 3.32. The van der Waals surface area contributed by atoms with Crippen molar-refractivity contribution in [2.75, 3.05) is 40.3 Å². The van der Waals surface area contributed by atoms with Crippen LogP contribution in [-0.2, 0) is 10.0 Å². The molecule has 10 heteroatoms. The molecule has 0 bridgehead atoms. The minimum atomic E-state index is -4.01. The van der Waals surface area contributed by atoms with Crippen LogP contribution in [0.5, 0.6) is 28.7 Å². The quantitative estimate of drug-likeness (QED) is 0.396. The molecule has 1 N–H and O–H groups in total. The van der Waals surface area contributed by atoms with Gasteiger partial charge in [-0.25, -0.2) is 12.8 Å². The number of benzene rings is 3. The number of sulfonamides is 1. The number of methoxy groups -OCH3 is 5. The van der Waals surface area contributed by atoms with Gasteiger partial charge in [-0.2, -0.15) is 0 Å². The summed E-state index contributed by atoms with van der Waals surface area (Å²) >= 11 is 0. The summed E-state index contributed by atoms with van der Waals surface area (Å²) in [4.78, 5) is -0.0896. The van der Waals surface area contributed by atoms with E-state index in [1.165, 1.54) is 53.7 Å². The Morgan fingerprint density at radius 1 is 0.714 bits per heavy atom. The second-order valence-electron chi connectivity index (χ2n) is 7.15. The molecule has 3 aromatic rings. The molecular weight excluding hydrogens is 477 g/mol. The summed E-state index contributed by atoms with van der Waals surface area (Å²) < 4.78 is 68.6. The minimum absolute atomic E-state index is 0.0896. The van der Waals surface area contributed by atoms with Crippen molar-refractivity contribution in [1.82, 2.24) is 0 Å². The third-order valence-electron chi connectivity index (χ3n) is 5.07. The van der Waals surface area contributed by atoms with Crippen molar-refractivity contribution in [2.24, 2.45) is 0 Å². The van der Waals surface area contributed by atoms with Gasteiger partial charge in [0.25, 0.3) is 10.0 Å². The molecule has 0 aliphatic heterocycles. The molecule has 0 saturated heterocycles. The fourth-order valence-corrected chi connectivity index (χ4v) is 4.40. The molecule has 0 amide bonds. The van der Waals surface area contributed by atoms with Gasteiger partial charge >= 0.3 is 0 Å².